The van der Waals surface area contributed by atoms with Crippen molar-refractivity contribution in [3.05, 3.63) is 50.4 Å². The lowest BCUT2D eigenvalue weighted by Gasteiger charge is -2.33. The number of hydrogen-bond acceptors (Lipinski definition) is 8. The average Bonchev–Trinajstić information content (AvgIpc) is 2.71. The number of hydrogen-bond donors (Lipinski definition) is 1. The Bertz CT molecular complexity index is 962. The number of nitrogens with one attached hydrogen (secondary N) is 1. The van der Waals surface area contributed by atoms with Crippen LogP contribution in [0, 0.1) is 10.1 Å². The number of methoxy groups -OCH3 is 3. The molecule has 9 nitrogen and oxygen atoms in total. The van der Waals surface area contributed by atoms with Gasteiger partial charge in [-0.2, -0.15) is 0 Å². The van der Waals surface area contributed by atoms with E-state index in [9.17, 15) is 19.7 Å². The predicted molar refractivity (Wildman–Crippen MR) is 103 cm³/mol. The molecule has 29 heavy (non-hydrogen) atoms. The van der Waals surface area contributed by atoms with Gasteiger partial charge in [0.15, 0.2) is 17.3 Å². The Labute approximate surface area is 167 Å². The third kappa shape index (κ3) is 3.43. The number of carbonyl (C=O) groups is 2. The monoisotopic (exact) mass is 402 g/mol. The largest absolute Gasteiger partial charge is 0.493 e. The quantitative estimate of drug-likeness (QED) is 0.454. The van der Waals surface area contributed by atoms with Crippen LogP contribution in [0.2, 0.25) is 0 Å². The van der Waals surface area contributed by atoms with Crippen LogP contribution >= 0.6 is 0 Å². The second kappa shape index (κ2) is 7.94. The van der Waals surface area contributed by atoms with Crippen LogP contribution in [0.1, 0.15) is 37.7 Å². The SMILES string of the molecule is COC(=O)C1=C(C)NC2=C(C(=O)CCC2)[C@H]1c1cc(OC)c(OC)cc1[N+](=O)[O-]. The smallest absolute Gasteiger partial charge is 0.336 e. The molecule has 0 spiro atoms. The van der Waals surface area contributed by atoms with Crippen molar-refractivity contribution in [2.75, 3.05) is 21.3 Å². The van der Waals surface area contributed by atoms with E-state index in [1.54, 1.807) is 6.92 Å². The van der Waals surface area contributed by atoms with Gasteiger partial charge in [-0.15, -0.1) is 0 Å². The third-order valence-electron chi connectivity index (χ3n) is 5.22. The van der Waals surface area contributed by atoms with Gasteiger partial charge in [-0.3, -0.25) is 14.9 Å². The molecular formula is C20H22N2O7. The fourth-order valence-corrected chi connectivity index (χ4v) is 3.95. The predicted octanol–water partition coefficient (Wildman–Crippen LogP) is 2.75. The molecule has 0 saturated carbocycles. The van der Waals surface area contributed by atoms with Gasteiger partial charge in [0.1, 0.15) is 0 Å². The molecular weight excluding hydrogens is 380 g/mol. The summed E-state index contributed by atoms with van der Waals surface area (Å²) in [5.41, 5.74) is 1.61. The summed E-state index contributed by atoms with van der Waals surface area (Å²) in [5.74, 6) is -1.30. The number of allylic oxidation sites excluding steroid dienone is 3. The van der Waals surface area contributed by atoms with Crippen LogP contribution in [0.25, 0.3) is 0 Å². The van der Waals surface area contributed by atoms with Crippen molar-refractivity contribution in [3.63, 3.8) is 0 Å². The van der Waals surface area contributed by atoms with Crippen LogP contribution in [-0.4, -0.2) is 38.0 Å². The molecule has 1 aliphatic heterocycles. The molecule has 0 radical (unpaired) electrons. The molecule has 0 bridgehead atoms. The van der Waals surface area contributed by atoms with Crippen molar-refractivity contribution >= 4 is 17.4 Å². The third-order valence-corrected chi connectivity index (χ3v) is 5.22. The van der Waals surface area contributed by atoms with Gasteiger partial charge in [0.25, 0.3) is 5.69 Å². The fourth-order valence-electron chi connectivity index (χ4n) is 3.95. The van der Waals surface area contributed by atoms with Gasteiger partial charge in [-0.1, -0.05) is 0 Å². The van der Waals surface area contributed by atoms with Crippen LogP contribution in [-0.2, 0) is 14.3 Å². The van der Waals surface area contributed by atoms with Crippen LogP contribution in [0.15, 0.2) is 34.7 Å². The maximum Gasteiger partial charge on any atom is 0.336 e. The zero-order valence-electron chi connectivity index (χ0n) is 16.7. The van der Waals surface area contributed by atoms with Gasteiger partial charge in [0, 0.05) is 29.0 Å². The first kappa shape index (κ1) is 20.4. The molecule has 154 valence electrons. The van der Waals surface area contributed by atoms with Crippen LogP contribution in [0.3, 0.4) is 0 Å². The van der Waals surface area contributed by atoms with E-state index in [-0.39, 0.29) is 34.1 Å². The molecule has 1 heterocycles. The summed E-state index contributed by atoms with van der Waals surface area (Å²) < 4.78 is 15.4. The van der Waals surface area contributed by atoms with E-state index >= 15 is 0 Å². The summed E-state index contributed by atoms with van der Waals surface area (Å²) in [6, 6.07) is 2.70. The number of ketones is 1. The topological polar surface area (TPSA) is 117 Å². The molecule has 1 atom stereocenters. The zero-order valence-corrected chi connectivity index (χ0v) is 16.7. The molecule has 0 amide bonds. The highest BCUT2D eigenvalue weighted by Gasteiger charge is 2.42. The van der Waals surface area contributed by atoms with E-state index in [1.807, 2.05) is 0 Å². The Morgan fingerprint density at radius 1 is 1.17 bits per heavy atom. The molecule has 9 heteroatoms. The molecule has 0 aromatic heterocycles. The van der Waals surface area contributed by atoms with Crippen molar-refractivity contribution in [1.82, 2.24) is 5.32 Å². The number of rotatable bonds is 5. The lowest BCUT2D eigenvalue weighted by Crippen LogP contribution is -2.34. The second-order valence-electron chi connectivity index (χ2n) is 6.78. The highest BCUT2D eigenvalue weighted by atomic mass is 16.6. The number of dihydropyridines is 1. The number of benzene rings is 1. The van der Waals surface area contributed by atoms with Crippen molar-refractivity contribution < 1.29 is 28.7 Å². The van der Waals surface area contributed by atoms with Crippen molar-refractivity contribution in [2.45, 2.75) is 32.1 Å². The molecule has 1 N–H and O–H groups in total. The van der Waals surface area contributed by atoms with E-state index < -0.39 is 16.8 Å². The highest BCUT2D eigenvalue weighted by Crippen LogP contribution is 2.47. The Kier molecular flexibility index (Phi) is 5.58. The average molecular weight is 402 g/mol. The van der Waals surface area contributed by atoms with E-state index in [0.29, 0.717) is 36.2 Å². The van der Waals surface area contributed by atoms with E-state index in [4.69, 9.17) is 14.2 Å². The lowest BCUT2D eigenvalue weighted by molar-refractivity contribution is -0.385. The van der Waals surface area contributed by atoms with Gasteiger partial charge in [0.05, 0.1) is 43.8 Å². The van der Waals surface area contributed by atoms with E-state index in [2.05, 4.69) is 5.32 Å². The minimum Gasteiger partial charge on any atom is -0.493 e. The molecule has 0 fully saturated rings. The summed E-state index contributed by atoms with van der Waals surface area (Å²) >= 11 is 0. The summed E-state index contributed by atoms with van der Waals surface area (Å²) in [5, 5.41) is 15.0. The minimum atomic E-state index is -0.938. The van der Waals surface area contributed by atoms with E-state index in [0.717, 1.165) is 0 Å². The number of nitro benzene ring substituents is 1. The van der Waals surface area contributed by atoms with Crippen molar-refractivity contribution in [1.29, 1.82) is 0 Å². The second-order valence-corrected chi connectivity index (χ2v) is 6.78. The highest BCUT2D eigenvalue weighted by molar-refractivity contribution is 6.04. The Balaban J connectivity index is 2.35. The normalized spacial score (nSPS) is 18.8. The maximum atomic E-state index is 12.8. The zero-order chi connectivity index (χ0) is 21.3. The number of nitrogens with zero attached hydrogens (tertiary/aromatic N) is 1. The van der Waals surface area contributed by atoms with Gasteiger partial charge in [-0.05, 0) is 25.8 Å². The van der Waals surface area contributed by atoms with Gasteiger partial charge < -0.3 is 19.5 Å². The van der Waals surface area contributed by atoms with Crippen LogP contribution < -0.4 is 14.8 Å². The number of carbonyl (C=O) groups excluding carboxylic acids is 2. The first-order valence-corrected chi connectivity index (χ1v) is 9.06. The number of ether oxygens (including phenoxy) is 3. The minimum absolute atomic E-state index is 0.151. The summed E-state index contributed by atoms with van der Waals surface area (Å²) in [6.07, 6.45) is 1.60. The molecule has 0 unspecified atom stereocenters. The van der Waals surface area contributed by atoms with Crippen molar-refractivity contribution in [2.24, 2.45) is 0 Å². The number of esters is 1. The molecule has 0 saturated heterocycles. The van der Waals surface area contributed by atoms with Crippen molar-refractivity contribution in [3.8, 4) is 11.5 Å². The van der Waals surface area contributed by atoms with Crippen LogP contribution in [0.5, 0.6) is 11.5 Å². The van der Waals surface area contributed by atoms with Gasteiger partial charge in [0.2, 0.25) is 0 Å². The Hall–Kier alpha value is -3.36. The molecule has 2 aliphatic rings. The molecule has 1 aromatic carbocycles. The van der Waals surface area contributed by atoms with Gasteiger partial charge in [-0.25, -0.2) is 4.79 Å². The lowest BCUT2D eigenvalue weighted by atomic mass is 9.74. The first-order chi connectivity index (χ1) is 13.8. The Morgan fingerprint density at radius 2 is 1.83 bits per heavy atom. The van der Waals surface area contributed by atoms with Crippen LogP contribution in [0.4, 0.5) is 5.69 Å². The summed E-state index contributed by atoms with van der Waals surface area (Å²) in [4.78, 5) is 36.8. The Morgan fingerprint density at radius 3 is 2.41 bits per heavy atom. The van der Waals surface area contributed by atoms with E-state index in [1.165, 1.54) is 33.5 Å². The standard InChI is InChI=1S/C20H22N2O7/c1-10-17(20(24)29-4)18(19-12(21-10)6-5-7-14(19)23)11-8-15(27-2)16(28-3)9-13(11)22(25)26/h8-9,18,21H,5-7H2,1-4H3/t18-/m0/s1. The number of nitro groups is 1. The molecule has 1 aromatic rings. The molecule has 1 aliphatic carbocycles. The summed E-state index contributed by atoms with van der Waals surface area (Å²) in [6.45, 7) is 1.69. The fraction of sp³-hybridized carbons (Fsp3) is 0.400. The first-order valence-electron chi connectivity index (χ1n) is 9.06. The molecule has 3 rings (SSSR count). The maximum absolute atomic E-state index is 12.8. The summed E-state index contributed by atoms with van der Waals surface area (Å²) in [7, 11) is 4.02. The number of Topliss-reactive ketones (excluding diaryl/α,β-unsaturated/α-hetero) is 1. The van der Waals surface area contributed by atoms with Gasteiger partial charge >= 0.3 is 5.97 Å².